The van der Waals surface area contributed by atoms with Gasteiger partial charge < -0.3 is 19.6 Å². The molecule has 1 aliphatic rings. The van der Waals surface area contributed by atoms with E-state index in [9.17, 15) is 28.4 Å². The number of aliphatic hydroxyl groups excluding tert-OH is 1. The molecular weight excluding hydrogens is 530 g/mol. The van der Waals surface area contributed by atoms with Crippen LogP contribution in [0, 0.1) is 10.1 Å². The standard InChI is InChI=1S/C26H29N3O9S/c30-25(24(15-19-7-2-1-3-8-19)27-26(31)37-22-13-14-36-18-22)17-28(38-21-10-4-5-11-21)39(34,35)23-12-6-9-20(16-23)29(32)33/h1-3,6-9,12-14,16,18,21,24-25,30H,4-5,10-11,15,17H2,(H,27,31)/t24-,25+/m0/s1. The molecule has 2 atom stereocenters. The first-order valence-corrected chi connectivity index (χ1v) is 13.8. The molecule has 1 heterocycles. The maximum atomic E-state index is 13.6. The number of rotatable bonds is 12. The van der Waals surface area contributed by atoms with Gasteiger partial charge in [0.25, 0.3) is 15.7 Å². The van der Waals surface area contributed by atoms with Crippen LogP contribution in [0.3, 0.4) is 0 Å². The van der Waals surface area contributed by atoms with Crippen molar-refractivity contribution in [1.29, 1.82) is 0 Å². The number of hydroxylamine groups is 1. The summed E-state index contributed by atoms with van der Waals surface area (Å²) in [6.45, 7) is -0.551. The molecule has 1 saturated carbocycles. The number of non-ortho nitro benzene ring substituents is 1. The van der Waals surface area contributed by atoms with Crippen LogP contribution in [0.4, 0.5) is 10.5 Å². The number of furan rings is 1. The fraction of sp³-hybridized carbons (Fsp3) is 0.346. The number of hydrogen-bond acceptors (Lipinski definition) is 9. The second-order valence-electron chi connectivity index (χ2n) is 9.11. The first kappa shape index (κ1) is 28.2. The van der Waals surface area contributed by atoms with E-state index >= 15 is 0 Å². The summed E-state index contributed by atoms with van der Waals surface area (Å²) in [4.78, 5) is 28.6. The number of nitrogens with one attached hydrogen (secondary N) is 1. The van der Waals surface area contributed by atoms with E-state index in [4.69, 9.17) is 14.0 Å². The molecule has 0 saturated heterocycles. The van der Waals surface area contributed by atoms with E-state index in [0.29, 0.717) is 17.3 Å². The zero-order valence-corrected chi connectivity index (χ0v) is 21.7. The smallest absolute Gasteiger partial charge is 0.413 e. The number of ether oxygens (including phenoxy) is 1. The maximum absolute atomic E-state index is 13.6. The van der Waals surface area contributed by atoms with Crippen molar-refractivity contribution in [3.63, 3.8) is 0 Å². The lowest BCUT2D eigenvalue weighted by Crippen LogP contribution is -2.51. The van der Waals surface area contributed by atoms with Crippen LogP contribution in [0.15, 0.2) is 82.5 Å². The van der Waals surface area contributed by atoms with Crippen LogP contribution >= 0.6 is 0 Å². The fourth-order valence-corrected chi connectivity index (χ4v) is 5.60. The van der Waals surface area contributed by atoms with E-state index < -0.39 is 51.5 Å². The van der Waals surface area contributed by atoms with Gasteiger partial charge >= 0.3 is 6.09 Å². The van der Waals surface area contributed by atoms with Crippen molar-refractivity contribution in [3.8, 4) is 5.75 Å². The van der Waals surface area contributed by atoms with Gasteiger partial charge in [-0.15, -0.1) is 0 Å². The molecule has 0 bridgehead atoms. The van der Waals surface area contributed by atoms with Crippen LogP contribution in [-0.4, -0.2) is 53.8 Å². The molecular formula is C26H29N3O9S. The lowest BCUT2D eigenvalue weighted by atomic mass is 10.0. The van der Waals surface area contributed by atoms with Crippen LogP contribution in [0.2, 0.25) is 0 Å². The van der Waals surface area contributed by atoms with Crippen LogP contribution < -0.4 is 10.1 Å². The van der Waals surface area contributed by atoms with Gasteiger partial charge in [0.05, 0.1) is 40.9 Å². The number of aliphatic hydroxyl groups is 1. The Morgan fingerprint density at radius 1 is 1.15 bits per heavy atom. The molecule has 0 aliphatic heterocycles. The highest BCUT2D eigenvalue weighted by molar-refractivity contribution is 7.89. The molecule has 1 aliphatic carbocycles. The quantitative estimate of drug-likeness (QED) is 0.248. The van der Waals surface area contributed by atoms with Gasteiger partial charge in [-0.1, -0.05) is 53.7 Å². The van der Waals surface area contributed by atoms with Crippen LogP contribution in [0.25, 0.3) is 0 Å². The Kier molecular flexibility index (Phi) is 9.30. The molecule has 2 aromatic carbocycles. The molecule has 13 heteroatoms. The lowest BCUT2D eigenvalue weighted by molar-refractivity contribution is -0.385. The van der Waals surface area contributed by atoms with E-state index in [1.54, 1.807) is 24.3 Å². The predicted octanol–water partition coefficient (Wildman–Crippen LogP) is 3.81. The first-order valence-electron chi connectivity index (χ1n) is 12.4. The molecule has 1 fully saturated rings. The number of nitrogens with zero attached hydrogens (tertiary/aromatic N) is 2. The van der Waals surface area contributed by atoms with Gasteiger partial charge in [-0.3, -0.25) is 15.0 Å². The summed E-state index contributed by atoms with van der Waals surface area (Å²) >= 11 is 0. The minimum atomic E-state index is -4.43. The summed E-state index contributed by atoms with van der Waals surface area (Å²) in [5.41, 5.74) is 0.373. The zero-order chi connectivity index (χ0) is 27.8. The number of sulfonamides is 1. The Labute approximate surface area is 225 Å². The summed E-state index contributed by atoms with van der Waals surface area (Å²) in [7, 11) is -4.43. The maximum Gasteiger partial charge on any atom is 0.413 e. The molecule has 0 unspecified atom stereocenters. The Bertz CT molecular complexity index is 1340. The Morgan fingerprint density at radius 3 is 2.56 bits per heavy atom. The van der Waals surface area contributed by atoms with E-state index in [0.717, 1.165) is 24.5 Å². The van der Waals surface area contributed by atoms with Crippen molar-refractivity contribution in [3.05, 3.63) is 88.9 Å². The summed E-state index contributed by atoms with van der Waals surface area (Å²) < 4.78 is 37.9. The molecule has 208 valence electrons. The second kappa shape index (κ2) is 12.8. The number of nitro benzene ring substituents is 1. The first-order chi connectivity index (χ1) is 18.7. The highest BCUT2D eigenvalue weighted by Gasteiger charge is 2.35. The lowest BCUT2D eigenvalue weighted by Gasteiger charge is -2.30. The number of carbonyl (C=O) groups is 1. The number of nitro groups is 1. The second-order valence-corrected chi connectivity index (χ2v) is 10.9. The molecule has 1 aromatic heterocycles. The Morgan fingerprint density at radius 2 is 1.90 bits per heavy atom. The highest BCUT2D eigenvalue weighted by atomic mass is 32.2. The number of benzene rings is 2. The Hall–Kier alpha value is -3.78. The molecule has 3 aromatic rings. The van der Waals surface area contributed by atoms with Crippen LogP contribution in [0.5, 0.6) is 5.75 Å². The van der Waals surface area contributed by atoms with Crippen molar-refractivity contribution in [2.75, 3.05) is 6.54 Å². The van der Waals surface area contributed by atoms with Crippen molar-refractivity contribution >= 4 is 21.8 Å². The van der Waals surface area contributed by atoms with E-state index in [2.05, 4.69) is 5.32 Å². The topological polar surface area (TPSA) is 161 Å². The minimum Gasteiger partial charge on any atom is -0.469 e. The van der Waals surface area contributed by atoms with E-state index in [1.165, 1.54) is 36.8 Å². The van der Waals surface area contributed by atoms with Gasteiger partial charge in [-0.2, -0.15) is 0 Å². The third-order valence-electron chi connectivity index (χ3n) is 6.27. The summed E-state index contributed by atoms with van der Waals surface area (Å²) in [5, 5.41) is 25.1. The minimum absolute atomic E-state index is 0.149. The van der Waals surface area contributed by atoms with Crippen molar-refractivity contribution < 1.29 is 37.2 Å². The largest absolute Gasteiger partial charge is 0.469 e. The predicted molar refractivity (Wildman–Crippen MR) is 138 cm³/mol. The molecule has 0 spiro atoms. The molecule has 2 N–H and O–H groups in total. The molecule has 1 amide bonds. The Balaban J connectivity index is 1.59. The number of amides is 1. The van der Waals surface area contributed by atoms with Crippen molar-refractivity contribution in [2.24, 2.45) is 0 Å². The SMILES string of the molecule is O=C(N[C@@H](Cc1ccccc1)[C@H](O)CN(OC1CCCC1)S(=O)(=O)c1cccc([N+](=O)[O-])c1)Oc1ccoc1. The fourth-order valence-electron chi connectivity index (χ4n) is 4.26. The molecule has 4 rings (SSSR count). The van der Waals surface area contributed by atoms with Gasteiger partial charge in [0.1, 0.15) is 6.26 Å². The van der Waals surface area contributed by atoms with Gasteiger partial charge in [0.15, 0.2) is 5.75 Å². The average Bonchev–Trinajstić information content (AvgIpc) is 3.63. The van der Waals surface area contributed by atoms with E-state index in [1.807, 2.05) is 6.07 Å². The highest BCUT2D eigenvalue weighted by Crippen LogP contribution is 2.27. The number of hydrogen-bond donors (Lipinski definition) is 2. The van der Waals surface area contributed by atoms with Gasteiger partial charge in [0, 0.05) is 18.2 Å². The van der Waals surface area contributed by atoms with Crippen LogP contribution in [0.1, 0.15) is 31.2 Å². The number of carbonyl (C=O) groups excluding carboxylic acids is 1. The monoisotopic (exact) mass is 559 g/mol. The normalized spacial score (nSPS) is 15.6. The third-order valence-corrected chi connectivity index (χ3v) is 7.89. The van der Waals surface area contributed by atoms with Gasteiger partial charge in [-0.05, 0) is 30.9 Å². The molecule has 39 heavy (non-hydrogen) atoms. The van der Waals surface area contributed by atoms with Crippen LogP contribution in [-0.2, 0) is 21.3 Å². The van der Waals surface area contributed by atoms with E-state index in [-0.39, 0.29) is 17.1 Å². The summed E-state index contributed by atoms with van der Waals surface area (Å²) in [5.74, 6) is 0.153. The van der Waals surface area contributed by atoms with Crippen molar-refractivity contribution in [1.82, 2.24) is 9.79 Å². The summed E-state index contributed by atoms with van der Waals surface area (Å²) in [6.07, 6.45) is 2.94. The third kappa shape index (κ3) is 7.63. The van der Waals surface area contributed by atoms with Crippen molar-refractivity contribution in [2.45, 2.75) is 55.2 Å². The molecule has 12 nitrogen and oxygen atoms in total. The zero-order valence-electron chi connectivity index (χ0n) is 20.9. The van der Waals surface area contributed by atoms with Gasteiger partial charge in [-0.25, -0.2) is 13.2 Å². The van der Waals surface area contributed by atoms with Gasteiger partial charge in [0.2, 0.25) is 0 Å². The molecule has 0 radical (unpaired) electrons. The average molecular weight is 560 g/mol. The summed E-state index contributed by atoms with van der Waals surface area (Å²) in [6, 6.07) is 14.1.